The third-order valence-electron chi connectivity index (χ3n) is 4.96. The number of hydrogen-bond donors (Lipinski definition) is 1. The Morgan fingerprint density at radius 1 is 1.20 bits per heavy atom. The van der Waals surface area contributed by atoms with Crippen molar-refractivity contribution >= 4 is 5.78 Å². The molecule has 1 aromatic carbocycles. The van der Waals surface area contributed by atoms with Crippen LogP contribution in [-0.2, 0) is 21.6 Å². The number of aliphatic hydroxyl groups is 1. The number of rotatable bonds is 2. The maximum absolute atomic E-state index is 12.5. The van der Waals surface area contributed by atoms with Gasteiger partial charge in [-0.05, 0) is 31.7 Å². The van der Waals surface area contributed by atoms with Gasteiger partial charge in [-0.25, -0.2) is 0 Å². The first-order chi connectivity index (χ1) is 9.59. The number of ketones is 1. The molecule has 4 nitrogen and oxygen atoms in total. The Bertz CT molecular complexity index is 553. The lowest BCUT2D eigenvalue weighted by Gasteiger charge is -2.51. The summed E-state index contributed by atoms with van der Waals surface area (Å²) in [6.07, 6.45) is 3.27. The summed E-state index contributed by atoms with van der Waals surface area (Å²) in [5.41, 5.74) is -0.737. The van der Waals surface area contributed by atoms with Gasteiger partial charge in [-0.2, -0.15) is 0 Å². The fourth-order valence-electron chi connectivity index (χ4n) is 3.88. The quantitative estimate of drug-likeness (QED) is 0.897. The van der Waals surface area contributed by atoms with Crippen LogP contribution in [0.5, 0.6) is 5.75 Å². The van der Waals surface area contributed by atoms with Gasteiger partial charge in [0.1, 0.15) is 11.4 Å². The van der Waals surface area contributed by atoms with Crippen molar-refractivity contribution in [2.75, 3.05) is 14.2 Å². The highest BCUT2D eigenvalue weighted by atomic mass is 16.5. The SMILES string of the molecule is COc1cccc2c1CCC1(OC)CCCC(=O)C21O. The van der Waals surface area contributed by atoms with Crippen LogP contribution in [0.15, 0.2) is 18.2 Å². The van der Waals surface area contributed by atoms with E-state index < -0.39 is 11.2 Å². The van der Waals surface area contributed by atoms with Crippen molar-refractivity contribution < 1.29 is 19.4 Å². The van der Waals surface area contributed by atoms with Crippen LogP contribution >= 0.6 is 0 Å². The van der Waals surface area contributed by atoms with Gasteiger partial charge in [0.2, 0.25) is 0 Å². The second-order valence-electron chi connectivity index (χ2n) is 5.67. The van der Waals surface area contributed by atoms with E-state index in [1.165, 1.54) is 0 Å². The molecule has 0 heterocycles. The average Bonchev–Trinajstić information content (AvgIpc) is 2.48. The molecule has 0 saturated heterocycles. The lowest BCUT2D eigenvalue weighted by atomic mass is 9.61. The third-order valence-corrected chi connectivity index (χ3v) is 4.96. The summed E-state index contributed by atoms with van der Waals surface area (Å²) in [6.45, 7) is 0. The Kier molecular flexibility index (Phi) is 3.10. The van der Waals surface area contributed by atoms with Gasteiger partial charge in [-0.3, -0.25) is 4.79 Å². The van der Waals surface area contributed by atoms with Crippen LogP contribution in [0, 0.1) is 0 Å². The summed E-state index contributed by atoms with van der Waals surface area (Å²) in [4.78, 5) is 12.5. The van der Waals surface area contributed by atoms with Crippen LogP contribution in [0.4, 0.5) is 0 Å². The molecule has 20 heavy (non-hydrogen) atoms. The highest BCUT2D eigenvalue weighted by molar-refractivity contribution is 5.91. The minimum absolute atomic E-state index is 0.139. The van der Waals surface area contributed by atoms with Gasteiger partial charge >= 0.3 is 0 Å². The Labute approximate surface area is 118 Å². The summed E-state index contributed by atoms with van der Waals surface area (Å²) in [6, 6.07) is 5.52. The first-order valence-corrected chi connectivity index (χ1v) is 7.06. The minimum Gasteiger partial charge on any atom is -0.496 e. The van der Waals surface area contributed by atoms with E-state index in [1.807, 2.05) is 18.2 Å². The normalized spacial score (nSPS) is 32.5. The topological polar surface area (TPSA) is 55.8 Å². The summed E-state index contributed by atoms with van der Waals surface area (Å²) in [5, 5.41) is 11.3. The molecule has 1 aromatic rings. The second kappa shape index (κ2) is 4.57. The number of carbonyl (C=O) groups is 1. The Morgan fingerprint density at radius 2 is 2.00 bits per heavy atom. The number of benzene rings is 1. The standard InChI is InChI=1S/C16H20O4/c1-19-13-6-3-5-12-11(13)8-10-15(20-2)9-4-7-14(17)16(12,15)18/h3,5-6,18H,4,7-10H2,1-2H3. The fourth-order valence-corrected chi connectivity index (χ4v) is 3.88. The predicted octanol–water partition coefficient (Wildman–Crippen LogP) is 1.97. The lowest BCUT2D eigenvalue weighted by Crippen LogP contribution is -2.62. The van der Waals surface area contributed by atoms with Gasteiger partial charge in [-0.1, -0.05) is 12.1 Å². The molecule has 0 amide bonds. The molecule has 1 N–H and O–H groups in total. The number of Topliss-reactive ketones (excluding diaryl/α,β-unsaturated/α-hetero) is 1. The van der Waals surface area contributed by atoms with Crippen molar-refractivity contribution in [3.8, 4) is 5.75 Å². The summed E-state index contributed by atoms with van der Waals surface area (Å²) in [5.74, 6) is 0.596. The molecule has 108 valence electrons. The number of methoxy groups -OCH3 is 2. The molecule has 2 aliphatic rings. The van der Waals surface area contributed by atoms with E-state index in [2.05, 4.69) is 0 Å². The maximum atomic E-state index is 12.5. The molecule has 4 heteroatoms. The average molecular weight is 276 g/mol. The maximum Gasteiger partial charge on any atom is 0.177 e. The largest absolute Gasteiger partial charge is 0.496 e. The van der Waals surface area contributed by atoms with Gasteiger partial charge < -0.3 is 14.6 Å². The third kappa shape index (κ3) is 1.52. The minimum atomic E-state index is -1.54. The van der Waals surface area contributed by atoms with E-state index in [9.17, 15) is 9.90 Å². The lowest BCUT2D eigenvalue weighted by molar-refractivity contribution is -0.204. The molecule has 3 rings (SSSR count). The van der Waals surface area contributed by atoms with Crippen molar-refractivity contribution in [3.05, 3.63) is 29.3 Å². The molecule has 0 aliphatic heterocycles. The molecular formula is C16H20O4. The smallest absolute Gasteiger partial charge is 0.177 e. The molecule has 0 radical (unpaired) electrons. The molecule has 2 atom stereocenters. The number of ether oxygens (including phenoxy) is 2. The van der Waals surface area contributed by atoms with E-state index in [-0.39, 0.29) is 5.78 Å². The first-order valence-electron chi connectivity index (χ1n) is 7.06. The van der Waals surface area contributed by atoms with Crippen LogP contribution in [0.2, 0.25) is 0 Å². The zero-order valence-electron chi connectivity index (χ0n) is 11.9. The van der Waals surface area contributed by atoms with Crippen LogP contribution in [0.25, 0.3) is 0 Å². The highest BCUT2D eigenvalue weighted by Gasteiger charge is 2.61. The van der Waals surface area contributed by atoms with Crippen molar-refractivity contribution in [1.29, 1.82) is 0 Å². The molecular weight excluding hydrogens is 256 g/mol. The summed E-state index contributed by atoms with van der Waals surface area (Å²) in [7, 11) is 3.20. The van der Waals surface area contributed by atoms with E-state index in [0.29, 0.717) is 24.8 Å². The molecule has 2 unspecified atom stereocenters. The molecule has 0 bridgehead atoms. The molecule has 0 spiro atoms. The van der Waals surface area contributed by atoms with Gasteiger partial charge in [0, 0.05) is 24.7 Å². The van der Waals surface area contributed by atoms with Gasteiger partial charge in [0.25, 0.3) is 0 Å². The molecule has 1 saturated carbocycles. The zero-order valence-corrected chi connectivity index (χ0v) is 11.9. The van der Waals surface area contributed by atoms with Crippen LogP contribution in [0.1, 0.15) is 36.8 Å². The predicted molar refractivity (Wildman–Crippen MR) is 73.8 cm³/mol. The van der Waals surface area contributed by atoms with Crippen LogP contribution in [-0.4, -0.2) is 30.7 Å². The van der Waals surface area contributed by atoms with E-state index >= 15 is 0 Å². The van der Waals surface area contributed by atoms with Crippen molar-refractivity contribution in [2.45, 2.75) is 43.3 Å². The number of carbonyl (C=O) groups excluding carboxylic acids is 1. The van der Waals surface area contributed by atoms with Crippen molar-refractivity contribution in [2.24, 2.45) is 0 Å². The van der Waals surface area contributed by atoms with Crippen LogP contribution in [0.3, 0.4) is 0 Å². The van der Waals surface area contributed by atoms with E-state index in [1.54, 1.807) is 14.2 Å². The Hall–Kier alpha value is -1.39. The van der Waals surface area contributed by atoms with Crippen LogP contribution < -0.4 is 4.74 Å². The monoisotopic (exact) mass is 276 g/mol. The zero-order chi connectivity index (χ0) is 14.4. The fraction of sp³-hybridized carbons (Fsp3) is 0.562. The van der Waals surface area contributed by atoms with Crippen molar-refractivity contribution in [3.63, 3.8) is 0 Å². The Balaban J connectivity index is 2.24. The van der Waals surface area contributed by atoms with Gasteiger partial charge in [0.05, 0.1) is 7.11 Å². The second-order valence-corrected chi connectivity index (χ2v) is 5.67. The van der Waals surface area contributed by atoms with E-state index in [0.717, 1.165) is 24.2 Å². The first kappa shape index (κ1) is 13.6. The summed E-state index contributed by atoms with van der Waals surface area (Å²) < 4.78 is 11.1. The Morgan fingerprint density at radius 3 is 2.70 bits per heavy atom. The highest BCUT2D eigenvalue weighted by Crippen LogP contribution is 2.52. The molecule has 0 aromatic heterocycles. The molecule has 1 fully saturated rings. The summed E-state index contributed by atoms with van der Waals surface area (Å²) >= 11 is 0. The number of fused-ring (bicyclic) bond motifs is 3. The van der Waals surface area contributed by atoms with Gasteiger partial charge in [-0.15, -0.1) is 0 Å². The number of hydrogen-bond acceptors (Lipinski definition) is 4. The van der Waals surface area contributed by atoms with Crippen molar-refractivity contribution in [1.82, 2.24) is 0 Å². The van der Waals surface area contributed by atoms with E-state index in [4.69, 9.17) is 9.47 Å². The van der Waals surface area contributed by atoms with Gasteiger partial charge in [0.15, 0.2) is 11.4 Å². The molecule has 2 aliphatic carbocycles.